The second-order valence-corrected chi connectivity index (χ2v) is 5.57. The average molecular weight is 301 g/mol. The highest BCUT2D eigenvalue weighted by atomic mass is 35.5. The summed E-state index contributed by atoms with van der Waals surface area (Å²) in [6.45, 7) is 4.81. The molecule has 3 aromatic rings. The first-order chi connectivity index (χ1) is 10.1. The molecule has 0 atom stereocenters. The van der Waals surface area contributed by atoms with E-state index in [2.05, 4.69) is 16.5 Å². The standard InChI is InChI=1S/C17H17ClN2O/c1-3-10-20-15-13(18)8-5-9-14(15)19-17(20)12-7-4-6-11(2)16(12)21/h4-9,21H,3,10H2,1-2H3. The first kappa shape index (κ1) is 14.0. The lowest BCUT2D eigenvalue weighted by Crippen LogP contribution is -2.00. The Kier molecular flexibility index (Phi) is 3.60. The van der Waals surface area contributed by atoms with Crippen LogP contribution in [0.3, 0.4) is 0 Å². The van der Waals surface area contributed by atoms with Crippen molar-refractivity contribution < 1.29 is 5.11 Å². The Labute approximate surface area is 128 Å². The van der Waals surface area contributed by atoms with Crippen LogP contribution in [0.15, 0.2) is 36.4 Å². The summed E-state index contributed by atoms with van der Waals surface area (Å²) in [5.41, 5.74) is 3.37. The van der Waals surface area contributed by atoms with Gasteiger partial charge in [-0.2, -0.15) is 0 Å². The van der Waals surface area contributed by atoms with Crippen molar-refractivity contribution in [2.75, 3.05) is 0 Å². The number of phenols is 1. The minimum Gasteiger partial charge on any atom is -0.507 e. The molecule has 2 aromatic carbocycles. The average Bonchev–Trinajstić information content (AvgIpc) is 2.82. The Morgan fingerprint density at radius 2 is 1.95 bits per heavy atom. The molecule has 0 saturated carbocycles. The molecule has 108 valence electrons. The van der Waals surface area contributed by atoms with Crippen LogP contribution in [0.4, 0.5) is 0 Å². The van der Waals surface area contributed by atoms with E-state index < -0.39 is 0 Å². The predicted octanol–water partition coefficient (Wildman–Crippen LogP) is 4.78. The normalized spacial score (nSPS) is 11.2. The predicted molar refractivity (Wildman–Crippen MR) is 86.9 cm³/mol. The van der Waals surface area contributed by atoms with Crippen molar-refractivity contribution in [2.45, 2.75) is 26.8 Å². The molecule has 3 rings (SSSR count). The van der Waals surface area contributed by atoms with E-state index in [9.17, 15) is 5.11 Å². The highest BCUT2D eigenvalue weighted by Gasteiger charge is 2.17. The van der Waals surface area contributed by atoms with Crippen LogP contribution in [0.5, 0.6) is 5.75 Å². The molecule has 3 nitrogen and oxygen atoms in total. The molecule has 0 fully saturated rings. The molecular weight excluding hydrogens is 284 g/mol. The van der Waals surface area contributed by atoms with Crippen molar-refractivity contribution in [3.05, 3.63) is 47.0 Å². The number of phenolic OH excluding ortho intramolecular Hbond substituents is 1. The maximum absolute atomic E-state index is 10.4. The molecule has 1 heterocycles. The van der Waals surface area contributed by atoms with Gasteiger partial charge in [-0.05, 0) is 37.1 Å². The van der Waals surface area contributed by atoms with Crippen LogP contribution in [0, 0.1) is 6.92 Å². The van der Waals surface area contributed by atoms with Crippen molar-refractivity contribution in [1.82, 2.24) is 9.55 Å². The molecule has 1 aromatic heterocycles. The minimum atomic E-state index is 0.279. The molecule has 0 aliphatic carbocycles. The van der Waals surface area contributed by atoms with Gasteiger partial charge in [-0.1, -0.05) is 36.7 Å². The van der Waals surface area contributed by atoms with Crippen molar-refractivity contribution in [3.63, 3.8) is 0 Å². The summed E-state index contributed by atoms with van der Waals surface area (Å²) in [4.78, 5) is 4.68. The molecule has 0 aliphatic rings. The maximum atomic E-state index is 10.4. The number of benzene rings is 2. The van der Waals surface area contributed by atoms with Crippen molar-refractivity contribution >= 4 is 22.6 Å². The second kappa shape index (κ2) is 5.41. The van der Waals surface area contributed by atoms with Gasteiger partial charge < -0.3 is 9.67 Å². The Hall–Kier alpha value is -2.00. The number of aryl methyl sites for hydroxylation is 2. The van der Waals surface area contributed by atoms with E-state index in [-0.39, 0.29) is 5.75 Å². The lowest BCUT2D eigenvalue weighted by atomic mass is 10.1. The molecule has 0 aliphatic heterocycles. The van der Waals surface area contributed by atoms with Crippen LogP contribution in [0.2, 0.25) is 5.02 Å². The van der Waals surface area contributed by atoms with Gasteiger partial charge in [0.15, 0.2) is 0 Å². The van der Waals surface area contributed by atoms with Crippen LogP contribution >= 0.6 is 11.6 Å². The minimum absolute atomic E-state index is 0.279. The molecule has 1 N–H and O–H groups in total. The topological polar surface area (TPSA) is 38.0 Å². The van der Waals surface area contributed by atoms with E-state index in [0.717, 1.165) is 41.0 Å². The SMILES string of the molecule is CCCn1c(-c2cccc(C)c2O)nc2cccc(Cl)c21. The highest BCUT2D eigenvalue weighted by molar-refractivity contribution is 6.35. The zero-order valence-corrected chi connectivity index (χ0v) is 12.9. The third-order valence-electron chi connectivity index (χ3n) is 3.64. The lowest BCUT2D eigenvalue weighted by Gasteiger charge is -2.11. The Morgan fingerprint density at radius 3 is 2.71 bits per heavy atom. The number of aromatic hydroxyl groups is 1. The van der Waals surface area contributed by atoms with Gasteiger partial charge in [-0.15, -0.1) is 0 Å². The fraction of sp³-hybridized carbons (Fsp3) is 0.235. The second-order valence-electron chi connectivity index (χ2n) is 5.17. The van der Waals surface area contributed by atoms with Gasteiger partial charge in [0.2, 0.25) is 0 Å². The van der Waals surface area contributed by atoms with E-state index >= 15 is 0 Å². The third kappa shape index (κ3) is 2.28. The molecule has 0 radical (unpaired) electrons. The summed E-state index contributed by atoms with van der Waals surface area (Å²) in [6.07, 6.45) is 0.969. The first-order valence-corrected chi connectivity index (χ1v) is 7.45. The van der Waals surface area contributed by atoms with Gasteiger partial charge >= 0.3 is 0 Å². The van der Waals surface area contributed by atoms with Crippen LogP contribution in [0.25, 0.3) is 22.4 Å². The monoisotopic (exact) mass is 300 g/mol. The number of imidazole rings is 1. The molecule has 4 heteroatoms. The van der Waals surface area contributed by atoms with Gasteiger partial charge in [0, 0.05) is 6.54 Å². The summed E-state index contributed by atoms with van der Waals surface area (Å²) in [6, 6.07) is 11.4. The van der Waals surface area contributed by atoms with Crippen molar-refractivity contribution in [3.8, 4) is 17.1 Å². The number of aromatic nitrogens is 2. The van der Waals surface area contributed by atoms with Gasteiger partial charge in [-0.25, -0.2) is 4.98 Å². The van der Waals surface area contributed by atoms with Gasteiger partial charge in [0.1, 0.15) is 11.6 Å². The number of para-hydroxylation sites is 2. The van der Waals surface area contributed by atoms with Crippen LogP contribution in [-0.2, 0) is 6.54 Å². The van der Waals surface area contributed by atoms with E-state index in [4.69, 9.17) is 11.6 Å². The Morgan fingerprint density at radius 1 is 1.19 bits per heavy atom. The maximum Gasteiger partial charge on any atom is 0.144 e. The molecule has 0 saturated heterocycles. The molecule has 21 heavy (non-hydrogen) atoms. The zero-order chi connectivity index (χ0) is 15.0. The number of hydrogen-bond donors (Lipinski definition) is 1. The van der Waals surface area contributed by atoms with Gasteiger partial charge in [0.05, 0.1) is 21.6 Å². The molecule has 0 spiro atoms. The zero-order valence-electron chi connectivity index (χ0n) is 12.1. The van der Waals surface area contributed by atoms with Crippen LogP contribution < -0.4 is 0 Å². The first-order valence-electron chi connectivity index (χ1n) is 7.07. The Balaban J connectivity index is 2.34. The fourth-order valence-corrected chi connectivity index (χ4v) is 2.90. The molecule has 0 unspecified atom stereocenters. The highest BCUT2D eigenvalue weighted by Crippen LogP contribution is 2.35. The number of halogens is 1. The van der Waals surface area contributed by atoms with Gasteiger partial charge in [0.25, 0.3) is 0 Å². The smallest absolute Gasteiger partial charge is 0.144 e. The van der Waals surface area contributed by atoms with E-state index in [0.29, 0.717) is 5.02 Å². The van der Waals surface area contributed by atoms with E-state index in [1.165, 1.54) is 0 Å². The summed E-state index contributed by atoms with van der Waals surface area (Å²) in [5.74, 6) is 1.04. The summed E-state index contributed by atoms with van der Waals surface area (Å²) < 4.78 is 2.09. The van der Waals surface area contributed by atoms with Crippen molar-refractivity contribution in [2.24, 2.45) is 0 Å². The lowest BCUT2D eigenvalue weighted by molar-refractivity contribution is 0.472. The van der Waals surface area contributed by atoms with E-state index in [1.807, 2.05) is 43.3 Å². The quantitative estimate of drug-likeness (QED) is 0.756. The fourth-order valence-electron chi connectivity index (χ4n) is 2.63. The number of hydrogen-bond acceptors (Lipinski definition) is 2. The number of fused-ring (bicyclic) bond motifs is 1. The number of nitrogens with zero attached hydrogens (tertiary/aromatic N) is 2. The number of rotatable bonds is 3. The van der Waals surface area contributed by atoms with Crippen molar-refractivity contribution in [1.29, 1.82) is 0 Å². The molecule has 0 amide bonds. The largest absolute Gasteiger partial charge is 0.507 e. The molecular formula is C17H17ClN2O. The Bertz CT molecular complexity index is 808. The van der Waals surface area contributed by atoms with Crippen LogP contribution in [-0.4, -0.2) is 14.7 Å². The summed E-state index contributed by atoms with van der Waals surface area (Å²) in [5, 5.41) is 11.0. The summed E-state index contributed by atoms with van der Waals surface area (Å²) in [7, 11) is 0. The molecule has 0 bridgehead atoms. The van der Waals surface area contributed by atoms with E-state index in [1.54, 1.807) is 0 Å². The third-order valence-corrected chi connectivity index (χ3v) is 3.95. The van der Waals surface area contributed by atoms with Crippen LogP contribution in [0.1, 0.15) is 18.9 Å². The van der Waals surface area contributed by atoms with Gasteiger partial charge in [-0.3, -0.25) is 0 Å². The summed E-state index contributed by atoms with van der Waals surface area (Å²) >= 11 is 6.35.